The molecule has 104 valence electrons. The smallest absolute Gasteiger partial charge is 0.605 e. The van der Waals surface area contributed by atoms with Crippen LogP contribution in [0.15, 0.2) is 50.6 Å². The Kier molecular flexibility index (Phi) is 7.91. The van der Waals surface area contributed by atoms with Crippen molar-refractivity contribution in [3.63, 3.8) is 0 Å². The third kappa shape index (κ3) is 6.39. The first kappa shape index (κ1) is 16.9. The van der Waals surface area contributed by atoms with Gasteiger partial charge in [-0.05, 0) is 0 Å². The molecular weight excluding hydrogens is 251 g/mol. The molecule has 0 saturated carbocycles. The Morgan fingerprint density at radius 3 is 1.47 bits per heavy atom. The molecule has 0 rings (SSSR count). The van der Waals surface area contributed by atoms with Crippen LogP contribution in [0.5, 0.6) is 0 Å². The molecule has 7 heteroatoms. The molecule has 0 aliphatic heterocycles. The highest BCUT2D eigenvalue weighted by Crippen LogP contribution is 2.13. The zero-order valence-electron chi connectivity index (χ0n) is 10.6. The first-order valence-corrected chi connectivity index (χ1v) is 5.36. The molecule has 0 aromatic carbocycles. The van der Waals surface area contributed by atoms with Crippen LogP contribution < -0.4 is 0 Å². The molecule has 0 unspecified atom stereocenters. The monoisotopic (exact) mass is 267 g/mol. The van der Waals surface area contributed by atoms with Crippen molar-refractivity contribution in [1.82, 2.24) is 0 Å². The normalized spacial score (nSPS) is 10.1. The van der Waals surface area contributed by atoms with E-state index in [9.17, 15) is 9.59 Å². The summed E-state index contributed by atoms with van der Waals surface area (Å²) in [6, 6.07) is 0. The van der Waals surface area contributed by atoms with Gasteiger partial charge in [0.25, 0.3) is 11.9 Å². The molecule has 0 aliphatic carbocycles. The van der Waals surface area contributed by atoms with Crippen LogP contribution >= 0.6 is 0 Å². The standard InChI is InChI=1S/C12H16BO6/c1-5-9-16-13(17-10-6-2,18-11(14)7-3)19-12(15)8-4/h5-8H,1-4,9-10H2/q-1. The van der Waals surface area contributed by atoms with Gasteiger partial charge in [-0.25, -0.2) is 0 Å². The fourth-order valence-corrected chi connectivity index (χ4v) is 0.961. The van der Waals surface area contributed by atoms with Gasteiger partial charge < -0.3 is 18.6 Å². The maximum Gasteiger partial charge on any atom is 0.657 e. The highest BCUT2D eigenvalue weighted by molar-refractivity contribution is 6.57. The summed E-state index contributed by atoms with van der Waals surface area (Å²) in [4.78, 5) is 22.5. The lowest BCUT2D eigenvalue weighted by Crippen LogP contribution is -2.51. The molecule has 0 heterocycles. The van der Waals surface area contributed by atoms with Crippen LogP contribution in [0.2, 0.25) is 0 Å². The SMILES string of the molecule is C=CCO[B-](OCC=C)(OC(=O)C=C)OC(=O)C=C. The number of rotatable bonds is 10. The second kappa shape index (κ2) is 8.90. The minimum Gasteiger partial charge on any atom is -0.605 e. The second-order valence-corrected chi connectivity index (χ2v) is 3.10. The Balaban J connectivity index is 5.13. The van der Waals surface area contributed by atoms with Crippen molar-refractivity contribution in [1.29, 1.82) is 0 Å². The molecular formula is C12H16BO6-. The number of hydrogen-bond donors (Lipinski definition) is 0. The van der Waals surface area contributed by atoms with E-state index in [0.717, 1.165) is 12.2 Å². The summed E-state index contributed by atoms with van der Waals surface area (Å²) < 4.78 is 19.9. The maximum absolute atomic E-state index is 11.3. The first-order chi connectivity index (χ1) is 9.03. The van der Waals surface area contributed by atoms with Gasteiger partial charge in [0.15, 0.2) is 0 Å². The van der Waals surface area contributed by atoms with Crippen molar-refractivity contribution in [2.24, 2.45) is 0 Å². The zero-order valence-corrected chi connectivity index (χ0v) is 10.6. The van der Waals surface area contributed by atoms with Crippen molar-refractivity contribution in [3.8, 4) is 0 Å². The summed E-state index contributed by atoms with van der Waals surface area (Å²) in [5, 5.41) is 0. The molecule has 0 aromatic rings. The molecule has 0 N–H and O–H groups in total. The van der Waals surface area contributed by atoms with Crippen molar-refractivity contribution in [2.75, 3.05) is 13.2 Å². The Morgan fingerprint density at radius 1 is 0.842 bits per heavy atom. The number of hydrogen-bond acceptors (Lipinski definition) is 6. The number of carbonyl (C=O) groups is 2. The molecule has 0 aromatic heterocycles. The van der Waals surface area contributed by atoms with Crippen LogP contribution in [-0.4, -0.2) is 32.1 Å². The van der Waals surface area contributed by atoms with Gasteiger partial charge in [0.05, 0.1) is 0 Å². The molecule has 0 amide bonds. The van der Waals surface area contributed by atoms with E-state index in [0.29, 0.717) is 0 Å². The second-order valence-electron chi connectivity index (χ2n) is 3.10. The van der Waals surface area contributed by atoms with Crippen LogP contribution in [0.4, 0.5) is 0 Å². The fourth-order valence-electron chi connectivity index (χ4n) is 0.961. The Morgan fingerprint density at radius 2 is 1.21 bits per heavy atom. The van der Waals surface area contributed by atoms with Gasteiger partial charge in [0.2, 0.25) is 0 Å². The fraction of sp³-hybridized carbons (Fsp3) is 0.167. The van der Waals surface area contributed by atoms with Crippen LogP contribution in [-0.2, 0) is 28.2 Å². The largest absolute Gasteiger partial charge is 0.657 e. The molecule has 0 saturated heterocycles. The van der Waals surface area contributed by atoms with Crippen LogP contribution in [0.3, 0.4) is 0 Å². The molecule has 0 radical (unpaired) electrons. The van der Waals surface area contributed by atoms with Crippen molar-refractivity contribution < 1.29 is 28.2 Å². The molecule has 0 aliphatic rings. The van der Waals surface area contributed by atoms with Gasteiger partial charge in [-0.3, -0.25) is 9.59 Å². The third-order valence-electron chi connectivity index (χ3n) is 1.69. The average Bonchev–Trinajstić information content (AvgIpc) is 2.42. The van der Waals surface area contributed by atoms with Crippen molar-refractivity contribution >= 4 is 18.9 Å². The molecule has 0 atom stereocenters. The first-order valence-electron chi connectivity index (χ1n) is 5.36. The Labute approximate surface area is 112 Å². The lowest BCUT2D eigenvalue weighted by molar-refractivity contribution is -0.146. The molecule has 0 spiro atoms. The summed E-state index contributed by atoms with van der Waals surface area (Å²) in [6.07, 6.45) is 4.51. The van der Waals surface area contributed by atoms with Crippen molar-refractivity contribution in [3.05, 3.63) is 50.6 Å². The third-order valence-corrected chi connectivity index (χ3v) is 1.69. The van der Waals surface area contributed by atoms with Gasteiger partial charge in [0.1, 0.15) is 0 Å². The minimum absolute atomic E-state index is 0.0635. The van der Waals surface area contributed by atoms with Gasteiger partial charge in [-0.15, -0.1) is 13.2 Å². The Bertz CT molecular complexity index is 340. The topological polar surface area (TPSA) is 71.1 Å². The van der Waals surface area contributed by atoms with E-state index in [1.165, 1.54) is 12.2 Å². The number of carbonyl (C=O) groups excluding carboxylic acids is 2. The average molecular weight is 267 g/mol. The summed E-state index contributed by atoms with van der Waals surface area (Å²) in [7, 11) is 0. The zero-order chi connectivity index (χ0) is 14.7. The summed E-state index contributed by atoms with van der Waals surface area (Å²) >= 11 is 0. The van der Waals surface area contributed by atoms with Gasteiger partial charge in [-0.1, -0.05) is 25.3 Å². The van der Waals surface area contributed by atoms with E-state index in [1.54, 1.807) is 0 Å². The van der Waals surface area contributed by atoms with E-state index in [-0.39, 0.29) is 13.2 Å². The van der Waals surface area contributed by atoms with Crippen LogP contribution in [0, 0.1) is 0 Å². The van der Waals surface area contributed by atoms with E-state index in [1.807, 2.05) is 0 Å². The highest BCUT2D eigenvalue weighted by atomic mass is 16.9. The predicted molar refractivity (Wildman–Crippen MR) is 70.6 cm³/mol. The van der Waals surface area contributed by atoms with Gasteiger partial charge in [0, 0.05) is 25.4 Å². The van der Waals surface area contributed by atoms with Crippen LogP contribution in [0.1, 0.15) is 0 Å². The quantitative estimate of drug-likeness (QED) is 0.337. The molecule has 0 bridgehead atoms. The van der Waals surface area contributed by atoms with E-state index in [4.69, 9.17) is 18.6 Å². The van der Waals surface area contributed by atoms with E-state index >= 15 is 0 Å². The summed E-state index contributed by atoms with van der Waals surface area (Å²) in [5.74, 6) is -1.74. The van der Waals surface area contributed by atoms with Crippen LogP contribution in [0.25, 0.3) is 0 Å². The highest BCUT2D eigenvalue weighted by Gasteiger charge is 2.39. The molecule has 0 fully saturated rings. The van der Waals surface area contributed by atoms with Gasteiger partial charge >= 0.3 is 6.96 Å². The van der Waals surface area contributed by atoms with Gasteiger partial charge in [-0.2, -0.15) is 0 Å². The molecule has 19 heavy (non-hydrogen) atoms. The van der Waals surface area contributed by atoms with Crippen molar-refractivity contribution in [2.45, 2.75) is 0 Å². The lowest BCUT2D eigenvalue weighted by Gasteiger charge is -2.38. The predicted octanol–water partition coefficient (Wildman–Crippen LogP) is 1.29. The summed E-state index contributed by atoms with van der Waals surface area (Å²) in [5.41, 5.74) is 0. The van der Waals surface area contributed by atoms with E-state index in [2.05, 4.69) is 26.3 Å². The van der Waals surface area contributed by atoms with E-state index < -0.39 is 18.9 Å². The lowest BCUT2D eigenvalue weighted by atomic mass is 10.0. The molecule has 6 nitrogen and oxygen atoms in total. The minimum atomic E-state index is -3.08. The Hall–Kier alpha value is -2.12. The maximum atomic E-state index is 11.3. The summed E-state index contributed by atoms with van der Waals surface area (Å²) in [6.45, 7) is 10.1.